The number of hydrogen-bond donors (Lipinski definition) is 1. The maximum absolute atomic E-state index is 11.7. The number of esters is 1. The largest absolute Gasteiger partial charge is 0.467 e. The molecule has 0 aromatic heterocycles. The molecule has 0 aliphatic heterocycles. The number of hydrogen-bond acceptors (Lipinski definition) is 5. The highest BCUT2D eigenvalue weighted by molar-refractivity contribution is 8.02. The van der Waals surface area contributed by atoms with E-state index in [1.165, 1.54) is 18.9 Å². The standard InChI is InChI=1S/C15H27NO4S/c1-6-7-8-9-10-21-11-12(13(17)19-5)16-14(18)20-15(2,3)4/h9-10,12H,6-8,11H2,1-5H3,(H,16,18)/b10-9-/t12-/m0/s1. The molecule has 0 saturated heterocycles. The maximum atomic E-state index is 11.7. The first-order chi connectivity index (χ1) is 9.80. The van der Waals surface area contributed by atoms with Crippen molar-refractivity contribution in [2.45, 2.75) is 58.6 Å². The molecule has 0 bridgehead atoms. The monoisotopic (exact) mass is 317 g/mol. The van der Waals surface area contributed by atoms with E-state index in [0.717, 1.165) is 19.3 Å². The Morgan fingerprint density at radius 3 is 2.52 bits per heavy atom. The molecule has 0 aromatic carbocycles. The molecule has 0 rings (SSSR count). The average molecular weight is 317 g/mol. The number of allylic oxidation sites excluding steroid dienone is 1. The van der Waals surface area contributed by atoms with Crippen LogP contribution in [0.4, 0.5) is 4.79 Å². The van der Waals surface area contributed by atoms with Crippen LogP contribution in [0.25, 0.3) is 0 Å². The Morgan fingerprint density at radius 1 is 1.33 bits per heavy atom. The number of nitrogens with one attached hydrogen (secondary N) is 1. The first-order valence-corrected chi connectivity index (χ1v) is 8.19. The molecular formula is C15H27NO4S. The van der Waals surface area contributed by atoms with Gasteiger partial charge in [-0.15, -0.1) is 11.8 Å². The van der Waals surface area contributed by atoms with Crippen LogP contribution in [0.3, 0.4) is 0 Å². The predicted molar refractivity (Wildman–Crippen MR) is 86.3 cm³/mol. The fourth-order valence-electron chi connectivity index (χ4n) is 1.37. The van der Waals surface area contributed by atoms with Crippen LogP contribution in [0.5, 0.6) is 0 Å². The number of rotatable bonds is 8. The molecule has 1 amide bonds. The third-order valence-corrected chi connectivity index (χ3v) is 3.27. The normalized spacial score (nSPS) is 13.0. The minimum absolute atomic E-state index is 0.411. The van der Waals surface area contributed by atoms with Gasteiger partial charge in [-0.05, 0) is 32.6 Å². The number of carbonyl (C=O) groups excluding carboxylic acids is 2. The van der Waals surface area contributed by atoms with Crippen molar-refractivity contribution in [2.24, 2.45) is 0 Å². The lowest BCUT2D eigenvalue weighted by Crippen LogP contribution is -2.45. The summed E-state index contributed by atoms with van der Waals surface area (Å²) in [6.45, 7) is 7.44. The molecule has 0 saturated carbocycles. The number of amides is 1. The fourth-order valence-corrected chi connectivity index (χ4v) is 2.17. The highest BCUT2D eigenvalue weighted by atomic mass is 32.2. The van der Waals surface area contributed by atoms with Crippen molar-refractivity contribution in [1.29, 1.82) is 0 Å². The average Bonchev–Trinajstić information content (AvgIpc) is 2.38. The number of alkyl carbamates (subject to hydrolysis) is 1. The van der Waals surface area contributed by atoms with Gasteiger partial charge in [-0.25, -0.2) is 9.59 Å². The molecule has 1 N–H and O–H groups in total. The number of thioether (sulfide) groups is 1. The lowest BCUT2D eigenvalue weighted by molar-refractivity contribution is -0.142. The lowest BCUT2D eigenvalue weighted by atomic mass is 10.2. The van der Waals surface area contributed by atoms with Gasteiger partial charge in [0.15, 0.2) is 0 Å². The van der Waals surface area contributed by atoms with Crippen LogP contribution >= 0.6 is 11.8 Å². The van der Waals surface area contributed by atoms with Gasteiger partial charge >= 0.3 is 12.1 Å². The van der Waals surface area contributed by atoms with Crippen molar-refractivity contribution in [3.63, 3.8) is 0 Å². The van der Waals surface area contributed by atoms with Gasteiger partial charge in [0.1, 0.15) is 11.6 Å². The Bertz CT molecular complexity index is 350. The molecule has 0 unspecified atom stereocenters. The molecule has 122 valence electrons. The van der Waals surface area contributed by atoms with Crippen LogP contribution in [-0.2, 0) is 14.3 Å². The smallest absolute Gasteiger partial charge is 0.408 e. The lowest BCUT2D eigenvalue weighted by Gasteiger charge is -2.22. The van der Waals surface area contributed by atoms with E-state index in [-0.39, 0.29) is 0 Å². The van der Waals surface area contributed by atoms with Crippen LogP contribution in [-0.4, -0.2) is 36.6 Å². The van der Waals surface area contributed by atoms with Crippen LogP contribution < -0.4 is 5.32 Å². The van der Waals surface area contributed by atoms with Crippen molar-refractivity contribution in [3.05, 3.63) is 11.5 Å². The Morgan fingerprint density at radius 2 is 2.00 bits per heavy atom. The van der Waals surface area contributed by atoms with E-state index in [4.69, 9.17) is 9.47 Å². The summed E-state index contributed by atoms with van der Waals surface area (Å²) >= 11 is 1.46. The van der Waals surface area contributed by atoms with Gasteiger partial charge in [-0.1, -0.05) is 25.8 Å². The molecular weight excluding hydrogens is 290 g/mol. The zero-order chi connectivity index (χ0) is 16.3. The molecule has 0 spiro atoms. The molecule has 0 aliphatic rings. The van der Waals surface area contributed by atoms with Gasteiger partial charge in [0.25, 0.3) is 0 Å². The Labute approximate surface area is 131 Å². The van der Waals surface area contributed by atoms with E-state index in [1.807, 2.05) is 5.41 Å². The summed E-state index contributed by atoms with van der Waals surface area (Å²) < 4.78 is 9.83. The molecule has 0 heterocycles. The third kappa shape index (κ3) is 11.2. The van der Waals surface area contributed by atoms with Crippen LogP contribution in [0.15, 0.2) is 11.5 Å². The predicted octanol–water partition coefficient (Wildman–Crippen LogP) is 3.49. The molecule has 1 atom stereocenters. The summed E-state index contributed by atoms with van der Waals surface area (Å²) in [6, 6.07) is -0.717. The highest BCUT2D eigenvalue weighted by Gasteiger charge is 2.24. The summed E-state index contributed by atoms with van der Waals surface area (Å²) in [6.07, 6.45) is 4.77. The van der Waals surface area contributed by atoms with Gasteiger partial charge in [0.05, 0.1) is 7.11 Å². The van der Waals surface area contributed by atoms with Gasteiger partial charge in [0, 0.05) is 5.75 Å². The summed E-state index contributed by atoms with van der Waals surface area (Å²) in [5, 5.41) is 4.48. The van der Waals surface area contributed by atoms with Gasteiger partial charge in [-0.2, -0.15) is 0 Å². The molecule has 21 heavy (non-hydrogen) atoms. The summed E-state index contributed by atoms with van der Waals surface area (Å²) in [5.74, 6) is -0.0653. The molecule has 0 aliphatic carbocycles. The van der Waals surface area contributed by atoms with Crippen molar-refractivity contribution in [1.82, 2.24) is 5.32 Å². The van der Waals surface area contributed by atoms with Crippen LogP contribution in [0.1, 0.15) is 47.0 Å². The molecule has 0 fully saturated rings. The second kappa shape index (κ2) is 10.5. The second-order valence-electron chi connectivity index (χ2n) is 5.57. The number of unbranched alkanes of at least 4 members (excludes halogenated alkanes) is 2. The molecule has 6 heteroatoms. The Balaban J connectivity index is 4.30. The van der Waals surface area contributed by atoms with Crippen molar-refractivity contribution in [3.8, 4) is 0 Å². The summed E-state index contributed by atoms with van der Waals surface area (Å²) in [7, 11) is 1.30. The number of carbonyl (C=O) groups is 2. The third-order valence-electron chi connectivity index (χ3n) is 2.36. The highest BCUT2D eigenvalue weighted by Crippen LogP contribution is 2.10. The second-order valence-corrected chi connectivity index (χ2v) is 6.51. The zero-order valence-corrected chi connectivity index (χ0v) is 14.4. The van der Waals surface area contributed by atoms with Crippen LogP contribution in [0, 0.1) is 0 Å². The minimum atomic E-state index is -0.717. The van der Waals surface area contributed by atoms with Crippen LogP contribution in [0.2, 0.25) is 0 Å². The summed E-state index contributed by atoms with van der Waals surface area (Å²) in [5.41, 5.74) is -0.599. The minimum Gasteiger partial charge on any atom is -0.467 e. The van der Waals surface area contributed by atoms with E-state index >= 15 is 0 Å². The van der Waals surface area contributed by atoms with Crippen molar-refractivity contribution in [2.75, 3.05) is 12.9 Å². The SMILES string of the molecule is CCCC/C=C\SC[C@H](NC(=O)OC(C)(C)C)C(=O)OC. The quantitative estimate of drug-likeness (QED) is 0.548. The Kier molecular flexibility index (Phi) is 9.95. The van der Waals surface area contributed by atoms with E-state index in [1.54, 1.807) is 20.8 Å². The number of ether oxygens (including phenoxy) is 2. The van der Waals surface area contributed by atoms with Crippen molar-refractivity contribution < 1.29 is 19.1 Å². The molecule has 5 nitrogen and oxygen atoms in total. The number of methoxy groups -OCH3 is 1. The molecule has 0 radical (unpaired) electrons. The maximum Gasteiger partial charge on any atom is 0.408 e. The fraction of sp³-hybridized carbons (Fsp3) is 0.733. The van der Waals surface area contributed by atoms with Crippen molar-refractivity contribution >= 4 is 23.8 Å². The van der Waals surface area contributed by atoms with Gasteiger partial charge < -0.3 is 14.8 Å². The van der Waals surface area contributed by atoms with Gasteiger partial charge in [0.2, 0.25) is 0 Å². The van der Waals surface area contributed by atoms with E-state index in [2.05, 4.69) is 18.3 Å². The zero-order valence-electron chi connectivity index (χ0n) is 13.6. The topological polar surface area (TPSA) is 64.6 Å². The first kappa shape index (κ1) is 19.8. The van der Waals surface area contributed by atoms with E-state index in [9.17, 15) is 9.59 Å². The summed E-state index contributed by atoms with van der Waals surface area (Å²) in [4.78, 5) is 23.3. The van der Waals surface area contributed by atoms with E-state index < -0.39 is 23.7 Å². The molecule has 0 aromatic rings. The van der Waals surface area contributed by atoms with E-state index in [0.29, 0.717) is 5.75 Å². The Hall–Kier alpha value is -1.17. The van der Waals surface area contributed by atoms with Gasteiger partial charge in [-0.3, -0.25) is 0 Å². The first-order valence-electron chi connectivity index (χ1n) is 7.14.